The first-order valence-electron chi connectivity index (χ1n) is 9.72. The predicted molar refractivity (Wildman–Crippen MR) is 107 cm³/mol. The average molecular weight is 362 g/mol. The first-order valence-corrected chi connectivity index (χ1v) is 9.72. The Labute approximate surface area is 160 Å². The molecule has 0 spiro atoms. The second-order valence-corrected chi connectivity index (χ2v) is 8.21. The summed E-state index contributed by atoms with van der Waals surface area (Å²) in [5.74, 6) is 0.945. The van der Waals surface area contributed by atoms with Gasteiger partial charge in [0.05, 0.1) is 0 Å². The molecule has 1 heterocycles. The molecule has 0 aromatic heterocycles. The molecule has 0 amide bonds. The quantitative estimate of drug-likeness (QED) is 0.467. The molecule has 2 bridgehead atoms. The molecule has 27 heavy (non-hydrogen) atoms. The minimum absolute atomic E-state index is 0.143. The zero-order valence-corrected chi connectivity index (χ0v) is 16.0. The Morgan fingerprint density at radius 2 is 2.04 bits per heavy atom. The largest absolute Gasteiger partial charge is 0.508 e. The standard InChI is InChI=1S/C22H26N4O/c1-15-21-13-17-5-8-19(27)14-20(17)22(15,2)10-12-26(21)11-9-16-3-6-18(7-4-16)24-25-23/h3-8,14-15,21,27H,9-13H2,1-2H3/t15-,21+,22+/m1/s1. The van der Waals surface area contributed by atoms with Gasteiger partial charge in [0, 0.05) is 23.2 Å². The zero-order valence-electron chi connectivity index (χ0n) is 16.0. The molecule has 5 heteroatoms. The predicted octanol–water partition coefficient (Wildman–Crippen LogP) is 5.10. The molecular formula is C22H26N4O. The van der Waals surface area contributed by atoms with Crippen molar-refractivity contribution in [3.05, 3.63) is 69.6 Å². The molecule has 2 aromatic carbocycles. The van der Waals surface area contributed by atoms with E-state index in [1.807, 2.05) is 24.3 Å². The summed E-state index contributed by atoms with van der Waals surface area (Å²) in [5.41, 5.74) is 13.3. The molecule has 1 aliphatic heterocycles. The highest BCUT2D eigenvalue weighted by Crippen LogP contribution is 2.49. The van der Waals surface area contributed by atoms with Gasteiger partial charge < -0.3 is 5.11 Å². The van der Waals surface area contributed by atoms with Crippen LogP contribution < -0.4 is 0 Å². The highest BCUT2D eigenvalue weighted by Gasteiger charge is 2.48. The van der Waals surface area contributed by atoms with Crippen LogP contribution in [-0.2, 0) is 18.3 Å². The number of phenols is 1. The van der Waals surface area contributed by atoms with E-state index in [0.717, 1.165) is 32.4 Å². The SMILES string of the molecule is C[C@@H]1[C@@H]2Cc3ccc(O)cc3[C@@]1(C)CCN2CCc1ccc(N=[N+]=[N-])cc1. The number of fused-ring (bicyclic) bond motifs is 4. The van der Waals surface area contributed by atoms with Gasteiger partial charge in [-0.2, -0.15) is 0 Å². The lowest BCUT2D eigenvalue weighted by atomic mass is 9.59. The van der Waals surface area contributed by atoms with Gasteiger partial charge in [-0.3, -0.25) is 4.90 Å². The van der Waals surface area contributed by atoms with E-state index in [4.69, 9.17) is 5.53 Å². The summed E-state index contributed by atoms with van der Waals surface area (Å²) < 4.78 is 0. The first-order chi connectivity index (χ1) is 13.0. The molecule has 1 aliphatic carbocycles. The Morgan fingerprint density at radius 1 is 1.26 bits per heavy atom. The minimum Gasteiger partial charge on any atom is -0.508 e. The van der Waals surface area contributed by atoms with Crippen molar-refractivity contribution < 1.29 is 5.11 Å². The summed E-state index contributed by atoms with van der Waals surface area (Å²) in [6.45, 7) is 6.88. The maximum Gasteiger partial charge on any atom is 0.115 e. The highest BCUT2D eigenvalue weighted by molar-refractivity contribution is 5.44. The molecule has 1 saturated heterocycles. The molecule has 5 nitrogen and oxygen atoms in total. The van der Waals surface area contributed by atoms with Crippen molar-refractivity contribution >= 4 is 5.69 Å². The molecular weight excluding hydrogens is 336 g/mol. The normalized spacial score (nSPS) is 26.9. The highest BCUT2D eigenvalue weighted by atomic mass is 16.3. The van der Waals surface area contributed by atoms with Crippen LogP contribution in [0.3, 0.4) is 0 Å². The van der Waals surface area contributed by atoms with Crippen LogP contribution in [0.15, 0.2) is 47.6 Å². The molecule has 4 rings (SSSR count). The number of hydrogen-bond acceptors (Lipinski definition) is 3. The van der Waals surface area contributed by atoms with Gasteiger partial charge in [-0.05, 0) is 71.5 Å². The van der Waals surface area contributed by atoms with Gasteiger partial charge in [-0.25, -0.2) is 0 Å². The topological polar surface area (TPSA) is 72.2 Å². The second-order valence-electron chi connectivity index (χ2n) is 8.21. The lowest BCUT2D eigenvalue weighted by Crippen LogP contribution is -2.58. The van der Waals surface area contributed by atoms with E-state index in [0.29, 0.717) is 23.4 Å². The van der Waals surface area contributed by atoms with Gasteiger partial charge >= 0.3 is 0 Å². The van der Waals surface area contributed by atoms with Gasteiger partial charge in [-0.1, -0.05) is 49.3 Å². The number of piperidine rings is 1. The average Bonchev–Trinajstić information content (AvgIpc) is 2.66. The van der Waals surface area contributed by atoms with Crippen molar-refractivity contribution in [1.29, 1.82) is 0 Å². The fraction of sp³-hybridized carbons (Fsp3) is 0.455. The summed E-state index contributed by atoms with van der Waals surface area (Å²) in [6, 6.07) is 14.3. The number of aromatic hydroxyl groups is 1. The number of hydrogen-bond donors (Lipinski definition) is 1. The Bertz CT molecular complexity index is 888. The van der Waals surface area contributed by atoms with Gasteiger partial charge in [0.25, 0.3) is 0 Å². The molecule has 0 unspecified atom stereocenters. The van der Waals surface area contributed by atoms with Gasteiger partial charge in [0.2, 0.25) is 0 Å². The Kier molecular flexibility index (Phi) is 4.58. The van der Waals surface area contributed by atoms with Crippen LogP contribution in [-0.4, -0.2) is 29.1 Å². The van der Waals surface area contributed by atoms with Gasteiger partial charge in [0.15, 0.2) is 0 Å². The van der Waals surface area contributed by atoms with E-state index < -0.39 is 0 Å². The number of azide groups is 1. The first kappa shape index (κ1) is 17.9. The van der Waals surface area contributed by atoms with Crippen LogP contribution in [0.4, 0.5) is 5.69 Å². The molecule has 1 fully saturated rings. The monoisotopic (exact) mass is 362 g/mol. The fourth-order valence-corrected chi connectivity index (χ4v) is 5.03. The molecule has 1 N–H and O–H groups in total. The van der Waals surface area contributed by atoms with E-state index in [2.05, 4.69) is 47.0 Å². The van der Waals surface area contributed by atoms with Crippen molar-refractivity contribution in [3.8, 4) is 5.75 Å². The van der Waals surface area contributed by atoms with Crippen LogP contribution in [0.1, 0.15) is 37.0 Å². The zero-order chi connectivity index (χ0) is 19.0. The maximum absolute atomic E-state index is 9.96. The van der Waals surface area contributed by atoms with Crippen molar-refractivity contribution in [2.24, 2.45) is 11.0 Å². The lowest BCUT2D eigenvalue weighted by molar-refractivity contribution is 0.0322. The van der Waals surface area contributed by atoms with Gasteiger partial charge in [-0.15, -0.1) is 0 Å². The Balaban J connectivity index is 1.50. The second kappa shape index (κ2) is 6.91. The van der Waals surface area contributed by atoms with Crippen LogP contribution in [0.2, 0.25) is 0 Å². The van der Waals surface area contributed by atoms with Crippen molar-refractivity contribution in [3.63, 3.8) is 0 Å². The molecule has 0 saturated carbocycles. The number of rotatable bonds is 4. The van der Waals surface area contributed by atoms with E-state index in [1.54, 1.807) is 0 Å². The summed E-state index contributed by atoms with van der Waals surface area (Å²) in [5, 5.41) is 13.6. The summed E-state index contributed by atoms with van der Waals surface area (Å²) in [7, 11) is 0. The molecule has 140 valence electrons. The van der Waals surface area contributed by atoms with E-state index >= 15 is 0 Å². The lowest BCUT2D eigenvalue weighted by Gasteiger charge is -2.54. The number of likely N-dealkylation sites (tertiary alicyclic amines) is 1. The van der Waals surface area contributed by atoms with E-state index in [9.17, 15) is 5.11 Å². The third-order valence-electron chi connectivity index (χ3n) is 6.89. The molecule has 0 radical (unpaired) electrons. The van der Waals surface area contributed by atoms with E-state index in [-0.39, 0.29) is 5.41 Å². The van der Waals surface area contributed by atoms with Gasteiger partial charge in [0.1, 0.15) is 5.75 Å². The van der Waals surface area contributed by atoms with Crippen LogP contribution >= 0.6 is 0 Å². The smallest absolute Gasteiger partial charge is 0.115 e. The minimum atomic E-state index is 0.143. The molecule has 2 aromatic rings. The maximum atomic E-state index is 9.96. The summed E-state index contributed by atoms with van der Waals surface area (Å²) in [6.07, 6.45) is 3.18. The third-order valence-corrected chi connectivity index (χ3v) is 6.89. The fourth-order valence-electron chi connectivity index (χ4n) is 5.03. The van der Waals surface area contributed by atoms with Crippen molar-refractivity contribution in [2.75, 3.05) is 13.1 Å². The van der Waals surface area contributed by atoms with E-state index in [1.165, 1.54) is 16.7 Å². The number of phenolic OH excluding ortho intramolecular Hbond substituents is 1. The third kappa shape index (κ3) is 3.18. The summed E-state index contributed by atoms with van der Waals surface area (Å²) in [4.78, 5) is 5.47. The van der Waals surface area contributed by atoms with Crippen LogP contribution in [0.5, 0.6) is 5.75 Å². The number of benzene rings is 2. The van der Waals surface area contributed by atoms with Crippen molar-refractivity contribution in [1.82, 2.24) is 4.90 Å². The molecule has 2 aliphatic rings. The van der Waals surface area contributed by atoms with Crippen LogP contribution in [0.25, 0.3) is 10.4 Å². The summed E-state index contributed by atoms with van der Waals surface area (Å²) >= 11 is 0. The Morgan fingerprint density at radius 3 is 2.78 bits per heavy atom. The van der Waals surface area contributed by atoms with Crippen molar-refractivity contribution in [2.45, 2.75) is 44.6 Å². The molecule has 3 atom stereocenters. The number of nitrogens with zero attached hydrogens (tertiary/aromatic N) is 4. The Hall–Kier alpha value is -2.49. The van der Waals surface area contributed by atoms with Crippen LogP contribution in [0, 0.1) is 5.92 Å².